The number of carboxylic acid groups (broad SMARTS) is 2. The number of hydrogen-bond donors (Lipinski definition) is 3. The van der Waals surface area contributed by atoms with Gasteiger partial charge >= 0.3 is 11.9 Å². The topological polar surface area (TPSA) is 95.9 Å². The summed E-state index contributed by atoms with van der Waals surface area (Å²) < 4.78 is 5.70. The Morgan fingerprint density at radius 2 is 1.74 bits per heavy atom. The maximum atomic E-state index is 9.10. The van der Waals surface area contributed by atoms with Gasteiger partial charge in [-0.25, -0.2) is 9.59 Å². The lowest BCUT2D eigenvalue weighted by molar-refractivity contribution is -0.159. The van der Waals surface area contributed by atoms with Crippen LogP contribution in [0, 0.1) is 11.8 Å². The summed E-state index contributed by atoms with van der Waals surface area (Å²) in [5.74, 6) is -1.07. The van der Waals surface area contributed by atoms with E-state index in [9.17, 15) is 0 Å². The molecule has 27 heavy (non-hydrogen) atoms. The molecule has 0 amide bonds. The second-order valence-corrected chi connectivity index (χ2v) is 7.38. The Kier molecular flexibility index (Phi) is 10.8. The molecule has 2 rings (SSSR count). The van der Waals surface area contributed by atoms with Crippen LogP contribution in [0.1, 0.15) is 46.0 Å². The van der Waals surface area contributed by atoms with Crippen molar-refractivity contribution in [1.29, 1.82) is 0 Å². The van der Waals surface area contributed by atoms with Gasteiger partial charge in [0, 0.05) is 11.1 Å². The summed E-state index contributed by atoms with van der Waals surface area (Å²) in [4.78, 5) is 18.2. The van der Waals surface area contributed by atoms with Crippen molar-refractivity contribution in [3.63, 3.8) is 0 Å². The number of benzene rings is 1. The summed E-state index contributed by atoms with van der Waals surface area (Å²) >= 11 is 5.85. The summed E-state index contributed by atoms with van der Waals surface area (Å²) in [6.07, 6.45) is 6.38. The number of hydrogen-bond acceptors (Lipinski definition) is 4. The summed E-state index contributed by atoms with van der Waals surface area (Å²) in [5.41, 5.74) is 0. The summed E-state index contributed by atoms with van der Waals surface area (Å²) in [6, 6.07) is 8.29. The van der Waals surface area contributed by atoms with E-state index < -0.39 is 11.9 Å². The van der Waals surface area contributed by atoms with Gasteiger partial charge in [0.15, 0.2) is 0 Å². The van der Waals surface area contributed by atoms with E-state index in [1.54, 1.807) is 0 Å². The van der Waals surface area contributed by atoms with Crippen molar-refractivity contribution in [2.24, 2.45) is 11.8 Å². The zero-order valence-electron chi connectivity index (χ0n) is 16.0. The van der Waals surface area contributed by atoms with Gasteiger partial charge in [0.1, 0.15) is 5.75 Å². The first kappa shape index (κ1) is 23.2. The molecule has 3 N–H and O–H groups in total. The Balaban J connectivity index is 0.000000527. The first-order chi connectivity index (χ1) is 12.8. The normalized spacial score (nSPS) is 21.7. The van der Waals surface area contributed by atoms with E-state index in [4.69, 9.17) is 36.1 Å². The SMILES string of the molecule is CC1CCCC(NCCCCOc2ccc(Cl)cc2)C1C.O=C(O)C(=O)O. The van der Waals surface area contributed by atoms with Crippen molar-refractivity contribution in [2.45, 2.75) is 52.0 Å². The van der Waals surface area contributed by atoms with Crippen LogP contribution in [0.15, 0.2) is 24.3 Å². The first-order valence-electron chi connectivity index (χ1n) is 9.39. The minimum Gasteiger partial charge on any atom is -0.494 e. The van der Waals surface area contributed by atoms with Crippen LogP contribution in [-0.4, -0.2) is 41.3 Å². The molecule has 0 aliphatic heterocycles. The molecule has 0 radical (unpaired) electrons. The summed E-state index contributed by atoms with van der Waals surface area (Å²) in [6.45, 7) is 6.66. The second-order valence-electron chi connectivity index (χ2n) is 6.95. The van der Waals surface area contributed by atoms with Gasteiger partial charge in [0.2, 0.25) is 0 Å². The molecule has 0 spiro atoms. The Morgan fingerprint density at radius 1 is 1.11 bits per heavy atom. The molecule has 0 saturated heterocycles. The smallest absolute Gasteiger partial charge is 0.414 e. The van der Waals surface area contributed by atoms with E-state index >= 15 is 0 Å². The lowest BCUT2D eigenvalue weighted by Crippen LogP contribution is -2.41. The average Bonchev–Trinajstić information content (AvgIpc) is 2.63. The fourth-order valence-electron chi connectivity index (χ4n) is 3.11. The number of aliphatic carboxylic acids is 2. The highest BCUT2D eigenvalue weighted by molar-refractivity contribution is 6.30. The van der Waals surface area contributed by atoms with Crippen molar-refractivity contribution >= 4 is 23.5 Å². The average molecular weight is 400 g/mol. The van der Waals surface area contributed by atoms with Gasteiger partial charge in [0.25, 0.3) is 0 Å². The number of unbranched alkanes of at least 4 members (excludes halogenated alkanes) is 1. The quantitative estimate of drug-likeness (QED) is 0.472. The second kappa shape index (κ2) is 12.6. The van der Waals surface area contributed by atoms with Crippen LogP contribution in [0.25, 0.3) is 0 Å². The standard InChI is InChI=1S/C18H28ClNO.C2H2O4/c1-14-6-5-7-18(15(14)2)20-12-3-4-13-21-17-10-8-16(19)9-11-17;3-1(4)2(5)6/h8-11,14-15,18,20H,3-7,12-13H2,1-2H3;(H,3,4)(H,5,6). The predicted octanol–water partition coefficient (Wildman–Crippen LogP) is 4.07. The number of nitrogens with one attached hydrogen (secondary N) is 1. The zero-order valence-corrected chi connectivity index (χ0v) is 16.7. The third kappa shape index (κ3) is 9.63. The molecular formula is C20H30ClNO5. The molecule has 0 aromatic heterocycles. The highest BCUT2D eigenvalue weighted by atomic mass is 35.5. The lowest BCUT2D eigenvalue weighted by Gasteiger charge is -2.34. The molecule has 3 atom stereocenters. The molecule has 0 heterocycles. The van der Waals surface area contributed by atoms with Crippen molar-refractivity contribution in [3.8, 4) is 5.75 Å². The Morgan fingerprint density at radius 3 is 2.33 bits per heavy atom. The van der Waals surface area contributed by atoms with Crippen molar-refractivity contribution in [1.82, 2.24) is 5.32 Å². The highest BCUT2D eigenvalue weighted by Gasteiger charge is 2.26. The molecule has 1 aromatic rings. The van der Waals surface area contributed by atoms with E-state index in [0.29, 0.717) is 6.04 Å². The summed E-state index contributed by atoms with van der Waals surface area (Å²) in [5, 5.41) is 19.3. The van der Waals surface area contributed by atoms with E-state index in [-0.39, 0.29) is 0 Å². The number of halogens is 1. The maximum Gasteiger partial charge on any atom is 0.414 e. The van der Waals surface area contributed by atoms with Crippen LogP contribution in [0.2, 0.25) is 5.02 Å². The van der Waals surface area contributed by atoms with Crippen LogP contribution in [-0.2, 0) is 9.59 Å². The number of rotatable bonds is 7. The van der Waals surface area contributed by atoms with Gasteiger partial charge < -0.3 is 20.3 Å². The van der Waals surface area contributed by atoms with E-state index in [0.717, 1.165) is 42.2 Å². The van der Waals surface area contributed by atoms with Crippen LogP contribution >= 0.6 is 11.6 Å². The number of ether oxygens (including phenoxy) is 1. The Labute approximate surface area is 165 Å². The molecule has 1 fully saturated rings. The zero-order chi connectivity index (χ0) is 20.2. The lowest BCUT2D eigenvalue weighted by atomic mass is 9.78. The van der Waals surface area contributed by atoms with Gasteiger partial charge in [-0.15, -0.1) is 0 Å². The fraction of sp³-hybridized carbons (Fsp3) is 0.600. The van der Waals surface area contributed by atoms with Crippen molar-refractivity contribution < 1.29 is 24.5 Å². The van der Waals surface area contributed by atoms with Gasteiger partial charge in [-0.2, -0.15) is 0 Å². The maximum absolute atomic E-state index is 9.10. The molecule has 152 valence electrons. The van der Waals surface area contributed by atoms with Crippen LogP contribution < -0.4 is 10.1 Å². The van der Waals surface area contributed by atoms with Crippen molar-refractivity contribution in [3.05, 3.63) is 29.3 Å². The number of carbonyl (C=O) groups is 2. The molecular weight excluding hydrogens is 370 g/mol. The third-order valence-electron chi connectivity index (χ3n) is 4.95. The molecule has 6 nitrogen and oxygen atoms in total. The van der Waals surface area contributed by atoms with Gasteiger partial charge in [-0.05, 0) is 61.9 Å². The van der Waals surface area contributed by atoms with Gasteiger partial charge in [0.05, 0.1) is 6.61 Å². The van der Waals surface area contributed by atoms with Crippen LogP contribution in [0.3, 0.4) is 0 Å². The largest absolute Gasteiger partial charge is 0.494 e. The highest BCUT2D eigenvalue weighted by Crippen LogP contribution is 2.29. The molecule has 1 aromatic carbocycles. The predicted molar refractivity (Wildman–Crippen MR) is 105 cm³/mol. The third-order valence-corrected chi connectivity index (χ3v) is 5.20. The van der Waals surface area contributed by atoms with Crippen molar-refractivity contribution in [2.75, 3.05) is 13.2 Å². The summed E-state index contributed by atoms with van der Waals surface area (Å²) in [7, 11) is 0. The number of carboxylic acids is 2. The van der Waals surface area contributed by atoms with E-state index in [2.05, 4.69) is 19.2 Å². The molecule has 1 aliphatic rings. The minimum atomic E-state index is -1.82. The first-order valence-corrected chi connectivity index (χ1v) is 9.77. The Bertz CT molecular complexity index is 566. The van der Waals surface area contributed by atoms with Gasteiger partial charge in [-0.1, -0.05) is 38.3 Å². The Hall–Kier alpha value is -1.79. The molecule has 0 bridgehead atoms. The molecule has 1 aliphatic carbocycles. The van der Waals surface area contributed by atoms with E-state index in [1.807, 2.05) is 24.3 Å². The minimum absolute atomic E-state index is 0.714. The van der Waals surface area contributed by atoms with Crippen LogP contribution in [0.5, 0.6) is 5.75 Å². The molecule has 1 saturated carbocycles. The molecule has 7 heteroatoms. The fourth-order valence-corrected chi connectivity index (χ4v) is 3.23. The molecule has 3 unspecified atom stereocenters. The van der Waals surface area contributed by atoms with Crippen LogP contribution in [0.4, 0.5) is 0 Å². The van der Waals surface area contributed by atoms with Gasteiger partial charge in [-0.3, -0.25) is 0 Å². The van der Waals surface area contributed by atoms with E-state index in [1.165, 1.54) is 25.7 Å². The monoisotopic (exact) mass is 399 g/mol.